The highest BCUT2D eigenvalue weighted by Gasteiger charge is 2.15. The van der Waals surface area contributed by atoms with E-state index in [0.29, 0.717) is 5.92 Å². The molecule has 0 saturated carbocycles. The van der Waals surface area contributed by atoms with Crippen LogP contribution in [0.25, 0.3) is 0 Å². The molecule has 0 amide bonds. The van der Waals surface area contributed by atoms with Crippen LogP contribution < -0.4 is 5.73 Å². The van der Waals surface area contributed by atoms with Crippen LogP contribution in [0.15, 0.2) is 24.3 Å². The summed E-state index contributed by atoms with van der Waals surface area (Å²) >= 11 is 6.24. The lowest BCUT2D eigenvalue weighted by Gasteiger charge is -2.22. The SMILES string of the molecule is CCCCC(CC)CC(CN)Cc1ccccc1Cl. The monoisotopic (exact) mass is 281 g/mol. The fourth-order valence-corrected chi connectivity index (χ4v) is 2.90. The van der Waals surface area contributed by atoms with Gasteiger partial charge in [0.2, 0.25) is 0 Å². The highest BCUT2D eigenvalue weighted by molar-refractivity contribution is 6.31. The highest BCUT2D eigenvalue weighted by Crippen LogP contribution is 2.26. The first-order valence-electron chi connectivity index (χ1n) is 7.64. The van der Waals surface area contributed by atoms with E-state index in [4.69, 9.17) is 17.3 Å². The van der Waals surface area contributed by atoms with Crippen LogP contribution in [0.3, 0.4) is 0 Å². The van der Waals surface area contributed by atoms with Gasteiger partial charge in [-0.05, 0) is 42.9 Å². The van der Waals surface area contributed by atoms with Crippen molar-refractivity contribution in [1.82, 2.24) is 0 Å². The smallest absolute Gasteiger partial charge is 0.0438 e. The zero-order chi connectivity index (χ0) is 14.1. The van der Waals surface area contributed by atoms with E-state index in [1.165, 1.54) is 37.7 Å². The van der Waals surface area contributed by atoms with Crippen LogP contribution in [0.1, 0.15) is 51.5 Å². The van der Waals surface area contributed by atoms with Crippen LogP contribution in [-0.2, 0) is 6.42 Å². The zero-order valence-corrected chi connectivity index (χ0v) is 13.1. The number of hydrogen-bond acceptors (Lipinski definition) is 1. The van der Waals surface area contributed by atoms with Gasteiger partial charge in [0.1, 0.15) is 0 Å². The van der Waals surface area contributed by atoms with Crippen molar-refractivity contribution < 1.29 is 0 Å². The summed E-state index contributed by atoms with van der Waals surface area (Å²) < 4.78 is 0. The second-order valence-electron chi connectivity index (χ2n) is 5.55. The molecule has 0 aliphatic carbocycles. The van der Waals surface area contributed by atoms with Gasteiger partial charge in [-0.25, -0.2) is 0 Å². The molecule has 1 aromatic rings. The maximum atomic E-state index is 6.24. The molecule has 19 heavy (non-hydrogen) atoms. The molecule has 2 atom stereocenters. The molecule has 2 heteroatoms. The van der Waals surface area contributed by atoms with Gasteiger partial charge in [-0.15, -0.1) is 0 Å². The molecule has 0 spiro atoms. The molecule has 0 saturated heterocycles. The van der Waals surface area contributed by atoms with Gasteiger partial charge in [0.25, 0.3) is 0 Å². The molecule has 108 valence electrons. The minimum absolute atomic E-state index is 0.557. The number of benzene rings is 1. The molecule has 0 aliphatic heterocycles. The molecular formula is C17H28ClN. The summed E-state index contributed by atoms with van der Waals surface area (Å²) in [7, 11) is 0. The number of rotatable bonds is 9. The Balaban J connectivity index is 2.55. The van der Waals surface area contributed by atoms with Crippen molar-refractivity contribution in [3.63, 3.8) is 0 Å². The quantitative estimate of drug-likeness (QED) is 0.672. The van der Waals surface area contributed by atoms with Crippen LogP contribution in [0, 0.1) is 11.8 Å². The first kappa shape index (κ1) is 16.5. The third-order valence-electron chi connectivity index (χ3n) is 4.01. The van der Waals surface area contributed by atoms with Crippen molar-refractivity contribution in [3.05, 3.63) is 34.9 Å². The van der Waals surface area contributed by atoms with Crippen molar-refractivity contribution in [3.8, 4) is 0 Å². The van der Waals surface area contributed by atoms with E-state index >= 15 is 0 Å². The van der Waals surface area contributed by atoms with Gasteiger partial charge in [0.15, 0.2) is 0 Å². The van der Waals surface area contributed by atoms with Gasteiger partial charge in [0, 0.05) is 5.02 Å². The minimum Gasteiger partial charge on any atom is -0.330 e. The summed E-state index contributed by atoms with van der Waals surface area (Å²) in [5, 5.41) is 0.877. The summed E-state index contributed by atoms with van der Waals surface area (Å²) in [4.78, 5) is 0. The largest absolute Gasteiger partial charge is 0.330 e. The summed E-state index contributed by atoms with van der Waals surface area (Å²) in [6.07, 6.45) is 7.47. The number of halogens is 1. The van der Waals surface area contributed by atoms with Crippen molar-refractivity contribution in [1.29, 1.82) is 0 Å². The van der Waals surface area contributed by atoms with E-state index in [2.05, 4.69) is 26.0 Å². The summed E-state index contributed by atoms with van der Waals surface area (Å²) in [6.45, 7) is 5.31. The Morgan fingerprint density at radius 1 is 1.16 bits per heavy atom. The second kappa shape index (κ2) is 9.39. The average molecular weight is 282 g/mol. The van der Waals surface area contributed by atoms with Crippen LogP contribution in [0.4, 0.5) is 0 Å². The molecule has 0 fully saturated rings. The van der Waals surface area contributed by atoms with E-state index in [1.807, 2.05) is 12.1 Å². The van der Waals surface area contributed by atoms with Crippen LogP contribution in [0.5, 0.6) is 0 Å². The van der Waals surface area contributed by atoms with Crippen molar-refractivity contribution in [2.45, 2.75) is 52.4 Å². The predicted molar refractivity (Wildman–Crippen MR) is 85.6 cm³/mol. The lowest BCUT2D eigenvalue weighted by molar-refractivity contribution is 0.339. The van der Waals surface area contributed by atoms with Crippen LogP contribution in [0.2, 0.25) is 5.02 Å². The first-order valence-corrected chi connectivity index (χ1v) is 8.02. The highest BCUT2D eigenvalue weighted by atomic mass is 35.5. The van der Waals surface area contributed by atoms with E-state index in [-0.39, 0.29) is 0 Å². The third-order valence-corrected chi connectivity index (χ3v) is 4.38. The maximum absolute atomic E-state index is 6.24. The topological polar surface area (TPSA) is 26.0 Å². The molecular weight excluding hydrogens is 254 g/mol. The van der Waals surface area contributed by atoms with Gasteiger partial charge in [-0.1, -0.05) is 69.3 Å². The molecule has 0 heterocycles. The number of hydrogen-bond donors (Lipinski definition) is 1. The summed E-state index contributed by atoms with van der Waals surface area (Å²) in [6, 6.07) is 8.14. The normalized spacial score (nSPS) is 14.3. The predicted octanol–water partition coefficient (Wildman–Crippen LogP) is 5.06. The molecule has 0 bridgehead atoms. The van der Waals surface area contributed by atoms with Gasteiger partial charge in [-0.3, -0.25) is 0 Å². The van der Waals surface area contributed by atoms with Gasteiger partial charge in [-0.2, -0.15) is 0 Å². The molecule has 0 aromatic heterocycles. The molecule has 1 nitrogen and oxygen atoms in total. The third kappa shape index (κ3) is 5.97. The Morgan fingerprint density at radius 3 is 2.47 bits per heavy atom. The van der Waals surface area contributed by atoms with Gasteiger partial charge < -0.3 is 5.73 Å². The Hall–Kier alpha value is -0.530. The van der Waals surface area contributed by atoms with Gasteiger partial charge in [0.05, 0.1) is 0 Å². The van der Waals surface area contributed by atoms with Crippen LogP contribution >= 0.6 is 11.6 Å². The Kier molecular flexibility index (Phi) is 8.16. The molecule has 0 radical (unpaired) electrons. The Bertz CT molecular complexity index is 351. The second-order valence-corrected chi connectivity index (χ2v) is 5.96. The van der Waals surface area contributed by atoms with Gasteiger partial charge >= 0.3 is 0 Å². The molecule has 1 aromatic carbocycles. The molecule has 1 rings (SSSR count). The van der Waals surface area contributed by atoms with Crippen molar-refractivity contribution in [2.75, 3.05) is 6.54 Å². The lowest BCUT2D eigenvalue weighted by Crippen LogP contribution is -2.20. The minimum atomic E-state index is 0.557. The molecule has 2 unspecified atom stereocenters. The fraction of sp³-hybridized carbons (Fsp3) is 0.647. The van der Waals surface area contributed by atoms with E-state index < -0.39 is 0 Å². The van der Waals surface area contributed by atoms with Crippen molar-refractivity contribution >= 4 is 11.6 Å². The average Bonchev–Trinajstić information content (AvgIpc) is 2.44. The van der Waals surface area contributed by atoms with E-state index in [1.54, 1.807) is 0 Å². The number of nitrogens with two attached hydrogens (primary N) is 1. The zero-order valence-electron chi connectivity index (χ0n) is 12.4. The Labute approximate surface area is 123 Å². The lowest BCUT2D eigenvalue weighted by atomic mass is 9.85. The first-order chi connectivity index (χ1) is 9.21. The molecule has 2 N–H and O–H groups in total. The molecule has 0 aliphatic rings. The summed E-state index contributed by atoms with van der Waals surface area (Å²) in [5.74, 6) is 1.37. The standard InChI is InChI=1S/C17H28ClN/c1-3-5-8-14(4-2)11-15(13-19)12-16-9-6-7-10-17(16)18/h6-7,9-10,14-15H,3-5,8,11-13,19H2,1-2H3. The van der Waals surface area contributed by atoms with Crippen LogP contribution in [-0.4, -0.2) is 6.54 Å². The summed E-state index contributed by atoms with van der Waals surface area (Å²) in [5.41, 5.74) is 7.20. The van der Waals surface area contributed by atoms with E-state index in [0.717, 1.165) is 23.9 Å². The van der Waals surface area contributed by atoms with Crippen molar-refractivity contribution in [2.24, 2.45) is 17.6 Å². The Morgan fingerprint density at radius 2 is 1.89 bits per heavy atom. The maximum Gasteiger partial charge on any atom is 0.0438 e. The number of unbranched alkanes of at least 4 members (excludes halogenated alkanes) is 1. The fourth-order valence-electron chi connectivity index (χ4n) is 2.69. The van der Waals surface area contributed by atoms with E-state index in [9.17, 15) is 0 Å².